The first-order chi connectivity index (χ1) is 6.55. The van der Waals surface area contributed by atoms with Crippen LogP contribution in [0.5, 0.6) is 0 Å². The third kappa shape index (κ3) is 3.03. The molecule has 14 heavy (non-hydrogen) atoms. The highest BCUT2D eigenvalue weighted by Crippen LogP contribution is 2.25. The monoisotopic (exact) mass is 213 g/mol. The second-order valence-corrected chi connectivity index (χ2v) is 5.31. The van der Waals surface area contributed by atoms with E-state index in [1.54, 1.807) is 0 Å². The molecule has 1 heterocycles. The number of nitrogens with one attached hydrogen (secondary N) is 1. The van der Waals surface area contributed by atoms with Gasteiger partial charge in [-0.1, -0.05) is 32.2 Å². The lowest BCUT2D eigenvalue weighted by molar-refractivity contribution is 0.553. The highest BCUT2D eigenvalue weighted by molar-refractivity contribution is 7.05. The summed E-state index contributed by atoms with van der Waals surface area (Å²) in [6.45, 7) is 10.6. The zero-order chi connectivity index (χ0) is 10.6. The standard InChI is InChI=1S/C10H19N3S/c1-5-6-11-7-8-9(10(2,3)4)12-13-14-8/h11H,5-7H2,1-4H3. The summed E-state index contributed by atoms with van der Waals surface area (Å²) in [5.74, 6) is 0. The number of hydrogen-bond acceptors (Lipinski definition) is 4. The predicted molar refractivity (Wildman–Crippen MR) is 60.6 cm³/mol. The van der Waals surface area contributed by atoms with Crippen LogP contribution < -0.4 is 5.32 Å². The summed E-state index contributed by atoms with van der Waals surface area (Å²) in [5, 5.41) is 7.58. The third-order valence-corrected chi connectivity index (χ3v) is 2.70. The van der Waals surface area contributed by atoms with E-state index in [1.165, 1.54) is 16.4 Å². The molecule has 0 bridgehead atoms. The van der Waals surface area contributed by atoms with Gasteiger partial charge in [0.1, 0.15) is 0 Å². The van der Waals surface area contributed by atoms with Gasteiger partial charge in [-0.25, -0.2) is 0 Å². The SMILES string of the molecule is CCCNCc1snnc1C(C)(C)C. The first kappa shape index (κ1) is 11.6. The molecule has 0 aliphatic heterocycles. The van der Waals surface area contributed by atoms with Crippen molar-refractivity contribution in [3.63, 3.8) is 0 Å². The molecule has 0 amide bonds. The number of aromatic nitrogens is 2. The van der Waals surface area contributed by atoms with E-state index < -0.39 is 0 Å². The smallest absolute Gasteiger partial charge is 0.0854 e. The Kier molecular flexibility index (Phi) is 4.01. The quantitative estimate of drug-likeness (QED) is 0.780. The Hall–Kier alpha value is -0.480. The minimum atomic E-state index is 0.107. The molecular weight excluding hydrogens is 194 g/mol. The Morgan fingerprint density at radius 3 is 2.64 bits per heavy atom. The van der Waals surface area contributed by atoms with E-state index in [2.05, 4.69) is 42.6 Å². The van der Waals surface area contributed by atoms with E-state index >= 15 is 0 Å². The molecule has 0 fully saturated rings. The summed E-state index contributed by atoms with van der Waals surface area (Å²) in [4.78, 5) is 1.27. The largest absolute Gasteiger partial charge is 0.312 e. The summed E-state index contributed by atoms with van der Waals surface area (Å²) in [6.07, 6.45) is 1.16. The number of rotatable bonds is 4. The molecule has 3 nitrogen and oxygen atoms in total. The fraction of sp³-hybridized carbons (Fsp3) is 0.800. The first-order valence-electron chi connectivity index (χ1n) is 5.08. The molecule has 0 aromatic carbocycles. The molecular formula is C10H19N3S. The average molecular weight is 213 g/mol. The molecule has 0 saturated heterocycles. The van der Waals surface area contributed by atoms with Crippen molar-refractivity contribution in [2.45, 2.75) is 46.1 Å². The van der Waals surface area contributed by atoms with E-state index in [1.807, 2.05) is 0 Å². The summed E-state index contributed by atoms with van der Waals surface area (Å²) in [6, 6.07) is 0. The van der Waals surface area contributed by atoms with Crippen molar-refractivity contribution >= 4 is 11.5 Å². The van der Waals surface area contributed by atoms with Gasteiger partial charge in [0.25, 0.3) is 0 Å². The van der Waals surface area contributed by atoms with E-state index in [0.717, 1.165) is 25.2 Å². The van der Waals surface area contributed by atoms with Crippen LogP contribution in [0.4, 0.5) is 0 Å². The van der Waals surface area contributed by atoms with E-state index in [4.69, 9.17) is 0 Å². The van der Waals surface area contributed by atoms with Crippen LogP contribution in [0.25, 0.3) is 0 Å². The lowest BCUT2D eigenvalue weighted by atomic mass is 9.91. The van der Waals surface area contributed by atoms with Gasteiger partial charge in [0.15, 0.2) is 0 Å². The van der Waals surface area contributed by atoms with Crippen molar-refractivity contribution in [1.82, 2.24) is 14.9 Å². The Morgan fingerprint density at radius 2 is 2.07 bits per heavy atom. The molecule has 1 N–H and O–H groups in total. The van der Waals surface area contributed by atoms with Crippen LogP contribution in [0.15, 0.2) is 0 Å². The van der Waals surface area contributed by atoms with Crippen LogP contribution in [-0.2, 0) is 12.0 Å². The van der Waals surface area contributed by atoms with Gasteiger partial charge in [0.05, 0.1) is 10.6 Å². The van der Waals surface area contributed by atoms with Crippen molar-refractivity contribution < 1.29 is 0 Å². The Bertz CT molecular complexity index is 275. The van der Waals surface area contributed by atoms with Crippen LogP contribution in [-0.4, -0.2) is 16.1 Å². The average Bonchev–Trinajstić information content (AvgIpc) is 2.52. The minimum Gasteiger partial charge on any atom is -0.312 e. The molecule has 1 aromatic heterocycles. The topological polar surface area (TPSA) is 37.8 Å². The minimum absolute atomic E-state index is 0.107. The van der Waals surface area contributed by atoms with Crippen molar-refractivity contribution in [3.05, 3.63) is 10.6 Å². The van der Waals surface area contributed by atoms with Gasteiger partial charge in [0.2, 0.25) is 0 Å². The van der Waals surface area contributed by atoms with Gasteiger partial charge >= 0.3 is 0 Å². The first-order valence-corrected chi connectivity index (χ1v) is 5.85. The number of hydrogen-bond donors (Lipinski definition) is 1. The summed E-state index contributed by atoms with van der Waals surface area (Å²) in [5.41, 5.74) is 1.24. The Balaban J connectivity index is 2.63. The normalized spacial score (nSPS) is 12.0. The molecule has 4 heteroatoms. The lowest BCUT2D eigenvalue weighted by Gasteiger charge is -2.16. The summed E-state index contributed by atoms with van der Waals surface area (Å²) < 4.78 is 4.02. The molecule has 0 saturated carbocycles. The van der Waals surface area contributed by atoms with Crippen LogP contribution >= 0.6 is 11.5 Å². The highest BCUT2D eigenvalue weighted by atomic mass is 32.1. The molecule has 1 rings (SSSR count). The van der Waals surface area contributed by atoms with Crippen molar-refractivity contribution in [2.24, 2.45) is 0 Å². The van der Waals surface area contributed by atoms with Gasteiger partial charge in [-0.15, -0.1) is 5.10 Å². The maximum atomic E-state index is 4.19. The van der Waals surface area contributed by atoms with E-state index in [9.17, 15) is 0 Å². The van der Waals surface area contributed by atoms with E-state index in [-0.39, 0.29) is 5.41 Å². The molecule has 80 valence electrons. The van der Waals surface area contributed by atoms with Crippen LogP contribution in [0.3, 0.4) is 0 Å². The van der Waals surface area contributed by atoms with Crippen LogP contribution in [0.1, 0.15) is 44.7 Å². The van der Waals surface area contributed by atoms with Crippen LogP contribution in [0.2, 0.25) is 0 Å². The van der Waals surface area contributed by atoms with Gasteiger partial charge in [-0.05, 0) is 24.5 Å². The Labute approximate surface area is 90.1 Å². The summed E-state index contributed by atoms with van der Waals surface area (Å²) >= 11 is 1.50. The van der Waals surface area contributed by atoms with Crippen LogP contribution in [0, 0.1) is 0 Å². The molecule has 0 radical (unpaired) electrons. The Morgan fingerprint density at radius 1 is 1.36 bits per heavy atom. The summed E-state index contributed by atoms with van der Waals surface area (Å²) in [7, 11) is 0. The fourth-order valence-electron chi connectivity index (χ4n) is 1.27. The van der Waals surface area contributed by atoms with Gasteiger partial charge in [-0.3, -0.25) is 0 Å². The van der Waals surface area contributed by atoms with Crippen molar-refractivity contribution in [3.8, 4) is 0 Å². The number of nitrogens with zero attached hydrogens (tertiary/aromatic N) is 2. The lowest BCUT2D eigenvalue weighted by Crippen LogP contribution is -2.19. The van der Waals surface area contributed by atoms with E-state index in [0.29, 0.717) is 0 Å². The van der Waals surface area contributed by atoms with Crippen molar-refractivity contribution in [2.75, 3.05) is 6.54 Å². The molecule has 1 aromatic rings. The zero-order valence-electron chi connectivity index (χ0n) is 9.42. The molecule has 0 unspecified atom stereocenters. The van der Waals surface area contributed by atoms with Crippen molar-refractivity contribution in [1.29, 1.82) is 0 Å². The second kappa shape index (κ2) is 4.84. The predicted octanol–water partition coefficient (Wildman–Crippen LogP) is 2.34. The van der Waals surface area contributed by atoms with Gasteiger partial charge < -0.3 is 5.32 Å². The molecule has 0 aliphatic rings. The van der Waals surface area contributed by atoms with Gasteiger partial charge in [-0.2, -0.15) is 0 Å². The molecule has 0 aliphatic carbocycles. The highest BCUT2D eigenvalue weighted by Gasteiger charge is 2.21. The molecule has 0 atom stereocenters. The maximum absolute atomic E-state index is 4.19. The molecule has 0 spiro atoms. The maximum Gasteiger partial charge on any atom is 0.0854 e. The third-order valence-electron chi connectivity index (χ3n) is 1.98. The second-order valence-electron chi connectivity index (χ2n) is 4.47. The zero-order valence-corrected chi connectivity index (χ0v) is 10.2. The fourth-order valence-corrected chi connectivity index (χ4v) is 2.09. The van der Waals surface area contributed by atoms with Gasteiger partial charge in [0, 0.05) is 12.0 Å².